The van der Waals surface area contributed by atoms with Crippen LogP contribution < -0.4 is 5.32 Å². The Morgan fingerprint density at radius 2 is 2.21 bits per heavy atom. The SMILES string of the molecule is CNCC1CCCN(Cc2ccc(C)c(Br)c2)C1.Cl. The molecule has 1 N–H and O–H groups in total. The van der Waals surface area contributed by atoms with Crippen molar-refractivity contribution in [2.24, 2.45) is 5.92 Å². The third-order valence-corrected chi connectivity index (χ3v) is 4.59. The average Bonchev–Trinajstić information content (AvgIpc) is 2.35. The van der Waals surface area contributed by atoms with Crippen molar-refractivity contribution < 1.29 is 0 Å². The summed E-state index contributed by atoms with van der Waals surface area (Å²) in [7, 11) is 2.05. The van der Waals surface area contributed by atoms with Crippen molar-refractivity contribution in [1.82, 2.24) is 10.2 Å². The number of hydrogen-bond donors (Lipinski definition) is 1. The molecule has 1 aliphatic heterocycles. The number of hydrogen-bond acceptors (Lipinski definition) is 2. The molecule has 1 unspecified atom stereocenters. The third-order valence-electron chi connectivity index (χ3n) is 3.74. The van der Waals surface area contributed by atoms with E-state index in [-0.39, 0.29) is 12.4 Å². The van der Waals surface area contributed by atoms with E-state index in [0.717, 1.165) is 19.0 Å². The molecule has 0 radical (unpaired) electrons. The van der Waals surface area contributed by atoms with Gasteiger partial charge in [-0.05, 0) is 63.0 Å². The second-order valence-electron chi connectivity index (χ2n) is 5.38. The predicted molar refractivity (Wildman–Crippen MR) is 88.1 cm³/mol. The molecule has 1 aliphatic rings. The van der Waals surface area contributed by atoms with E-state index >= 15 is 0 Å². The minimum Gasteiger partial charge on any atom is -0.319 e. The molecule has 0 aromatic heterocycles. The fourth-order valence-corrected chi connectivity index (χ4v) is 3.17. The van der Waals surface area contributed by atoms with E-state index in [4.69, 9.17) is 0 Å². The molecule has 0 aliphatic carbocycles. The predicted octanol–water partition coefficient (Wildman–Crippen LogP) is 3.61. The van der Waals surface area contributed by atoms with E-state index in [1.54, 1.807) is 0 Å². The zero-order chi connectivity index (χ0) is 13.0. The van der Waals surface area contributed by atoms with Crippen molar-refractivity contribution in [2.75, 3.05) is 26.7 Å². The highest BCUT2D eigenvalue weighted by Crippen LogP contribution is 2.21. The summed E-state index contributed by atoms with van der Waals surface area (Å²) in [5, 5.41) is 3.30. The number of nitrogens with one attached hydrogen (secondary N) is 1. The van der Waals surface area contributed by atoms with Crippen LogP contribution in [0.15, 0.2) is 22.7 Å². The summed E-state index contributed by atoms with van der Waals surface area (Å²) >= 11 is 3.62. The van der Waals surface area contributed by atoms with E-state index < -0.39 is 0 Å². The Hall–Kier alpha value is -0.0900. The van der Waals surface area contributed by atoms with E-state index in [0.29, 0.717) is 0 Å². The number of halogens is 2. The summed E-state index contributed by atoms with van der Waals surface area (Å²) < 4.78 is 1.23. The smallest absolute Gasteiger partial charge is 0.0234 e. The monoisotopic (exact) mass is 346 g/mol. The molecule has 1 aromatic rings. The lowest BCUT2D eigenvalue weighted by Gasteiger charge is -2.32. The quantitative estimate of drug-likeness (QED) is 0.895. The topological polar surface area (TPSA) is 15.3 Å². The van der Waals surface area contributed by atoms with E-state index in [2.05, 4.69) is 58.3 Å². The first-order chi connectivity index (χ1) is 8.69. The fraction of sp³-hybridized carbons (Fsp3) is 0.600. The van der Waals surface area contributed by atoms with Crippen LogP contribution in [0.3, 0.4) is 0 Å². The highest BCUT2D eigenvalue weighted by Gasteiger charge is 2.19. The van der Waals surface area contributed by atoms with E-state index in [9.17, 15) is 0 Å². The molecule has 1 saturated heterocycles. The molecule has 0 spiro atoms. The average molecular weight is 348 g/mol. The molecule has 0 bridgehead atoms. The van der Waals surface area contributed by atoms with Gasteiger partial charge in [-0.25, -0.2) is 0 Å². The maximum absolute atomic E-state index is 3.62. The summed E-state index contributed by atoms with van der Waals surface area (Å²) in [4.78, 5) is 2.59. The summed E-state index contributed by atoms with van der Waals surface area (Å²) in [6, 6.07) is 6.72. The van der Waals surface area contributed by atoms with Crippen LogP contribution in [0, 0.1) is 12.8 Å². The number of nitrogens with zero attached hydrogens (tertiary/aromatic N) is 1. The van der Waals surface area contributed by atoms with Gasteiger partial charge in [-0.3, -0.25) is 4.90 Å². The van der Waals surface area contributed by atoms with Crippen molar-refractivity contribution in [1.29, 1.82) is 0 Å². The normalized spacial score (nSPS) is 20.1. The number of aryl methyl sites for hydroxylation is 1. The number of likely N-dealkylation sites (tertiary alicyclic amines) is 1. The van der Waals surface area contributed by atoms with Crippen LogP contribution in [0.5, 0.6) is 0 Å². The second kappa shape index (κ2) is 8.25. The Kier molecular flexibility index (Phi) is 7.37. The highest BCUT2D eigenvalue weighted by molar-refractivity contribution is 9.10. The lowest BCUT2D eigenvalue weighted by molar-refractivity contribution is 0.167. The molecule has 19 heavy (non-hydrogen) atoms. The zero-order valence-corrected chi connectivity index (χ0v) is 14.2. The second-order valence-corrected chi connectivity index (χ2v) is 6.24. The van der Waals surface area contributed by atoms with E-state index in [1.165, 1.54) is 41.5 Å². The number of benzene rings is 1. The highest BCUT2D eigenvalue weighted by atomic mass is 79.9. The van der Waals surface area contributed by atoms with Gasteiger partial charge in [0.2, 0.25) is 0 Å². The van der Waals surface area contributed by atoms with Gasteiger partial charge in [0.1, 0.15) is 0 Å². The standard InChI is InChI=1S/C15H23BrN2.ClH/c1-12-5-6-13(8-15(12)16)10-18-7-3-4-14(11-18)9-17-2;/h5-6,8,14,17H,3-4,7,9-11H2,1-2H3;1H. The maximum Gasteiger partial charge on any atom is 0.0234 e. The summed E-state index contributed by atoms with van der Waals surface area (Å²) in [6.45, 7) is 6.84. The van der Waals surface area contributed by atoms with Crippen LogP contribution in [0.25, 0.3) is 0 Å². The van der Waals surface area contributed by atoms with Crippen LogP contribution >= 0.6 is 28.3 Å². The molecule has 1 fully saturated rings. The summed E-state index contributed by atoms with van der Waals surface area (Å²) in [5.74, 6) is 0.817. The van der Waals surface area contributed by atoms with Gasteiger partial charge in [0.05, 0.1) is 0 Å². The summed E-state index contributed by atoms with van der Waals surface area (Å²) in [5.41, 5.74) is 2.73. The molecule has 1 heterocycles. The Bertz CT molecular complexity index is 396. The van der Waals surface area contributed by atoms with Gasteiger partial charge in [-0.15, -0.1) is 12.4 Å². The van der Waals surface area contributed by atoms with Gasteiger partial charge in [0, 0.05) is 17.6 Å². The van der Waals surface area contributed by atoms with Crippen molar-refractivity contribution in [3.05, 3.63) is 33.8 Å². The molecule has 108 valence electrons. The lowest BCUT2D eigenvalue weighted by Crippen LogP contribution is -2.38. The fourth-order valence-electron chi connectivity index (χ4n) is 2.74. The maximum atomic E-state index is 3.62. The number of rotatable bonds is 4. The Balaban J connectivity index is 0.00000180. The van der Waals surface area contributed by atoms with Gasteiger partial charge < -0.3 is 5.32 Å². The van der Waals surface area contributed by atoms with Crippen molar-refractivity contribution in [3.63, 3.8) is 0 Å². The Labute approximate surface area is 131 Å². The molecule has 1 aromatic carbocycles. The molecule has 1 atom stereocenters. The number of piperidine rings is 1. The summed E-state index contributed by atoms with van der Waals surface area (Å²) in [6.07, 6.45) is 2.70. The first-order valence-corrected chi connectivity index (χ1v) is 7.60. The minimum atomic E-state index is 0. The molecule has 0 saturated carbocycles. The minimum absolute atomic E-state index is 0. The van der Waals surface area contributed by atoms with Crippen molar-refractivity contribution in [3.8, 4) is 0 Å². The molecule has 4 heteroatoms. The largest absolute Gasteiger partial charge is 0.319 e. The first-order valence-electron chi connectivity index (χ1n) is 6.81. The van der Waals surface area contributed by atoms with Crippen LogP contribution in [0.1, 0.15) is 24.0 Å². The van der Waals surface area contributed by atoms with Crippen LogP contribution in [-0.2, 0) is 6.54 Å². The van der Waals surface area contributed by atoms with Gasteiger partial charge in [0.25, 0.3) is 0 Å². The molecule has 2 nitrogen and oxygen atoms in total. The molecule has 2 rings (SSSR count). The van der Waals surface area contributed by atoms with Crippen LogP contribution in [0.2, 0.25) is 0 Å². The van der Waals surface area contributed by atoms with Gasteiger partial charge in [0.15, 0.2) is 0 Å². The lowest BCUT2D eigenvalue weighted by atomic mass is 9.97. The van der Waals surface area contributed by atoms with Crippen molar-refractivity contribution in [2.45, 2.75) is 26.3 Å². The zero-order valence-electron chi connectivity index (χ0n) is 11.8. The van der Waals surface area contributed by atoms with Gasteiger partial charge >= 0.3 is 0 Å². The van der Waals surface area contributed by atoms with Gasteiger partial charge in [-0.1, -0.05) is 28.1 Å². The third kappa shape index (κ3) is 5.07. The van der Waals surface area contributed by atoms with Crippen LogP contribution in [0.4, 0.5) is 0 Å². The van der Waals surface area contributed by atoms with Crippen LogP contribution in [-0.4, -0.2) is 31.6 Å². The van der Waals surface area contributed by atoms with Crippen molar-refractivity contribution >= 4 is 28.3 Å². The van der Waals surface area contributed by atoms with E-state index in [1.807, 2.05) is 0 Å². The molecular formula is C15H24BrClN2. The molecule has 0 amide bonds. The first kappa shape index (κ1) is 17.0. The molecular weight excluding hydrogens is 324 g/mol. The van der Waals surface area contributed by atoms with Gasteiger partial charge in [-0.2, -0.15) is 0 Å². The Morgan fingerprint density at radius 3 is 2.89 bits per heavy atom. The Morgan fingerprint density at radius 1 is 1.42 bits per heavy atom.